The van der Waals surface area contributed by atoms with Crippen LogP contribution in [-0.4, -0.2) is 18.6 Å². The summed E-state index contributed by atoms with van der Waals surface area (Å²) < 4.78 is 0. The molecule has 6 heteroatoms. The molecule has 6 nitrogen and oxygen atoms in total. The number of amides is 2. The Morgan fingerprint density at radius 3 is 2.09 bits per heavy atom. The first kappa shape index (κ1) is 9.54. The fourth-order valence-electron chi connectivity index (χ4n) is 0.584. The van der Waals surface area contributed by atoms with E-state index in [0.717, 1.165) is 0 Å². The second kappa shape index (κ2) is 4.37. The molecule has 0 aliphatic rings. The van der Waals surface area contributed by atoms with Crippen molar-refractivity contribution in [2.24, 2.45) is 5.11 Å². The summed E-state index contributed by atoms with van der Waals surface area (Å²) in [7, 11) is 0. The molecule has 0 aromatic carbocycles. The molecule has 0 spiro atoms. The number of carbonyl (C=O) groups is 2. The molecule has 0 aliphatic carbocycles. The fourth-order valence-corrected chi connectivity index (χ4v) is 0.584. The Balaban J connectivity index is 4.29. The highest BCUT2D eigenvalue weighted by molar-refractivity contribution is 5.52. The Bertz CT molecular complexity index is 149. The minimum Gasteiger partial charge on any atom is -0.316 e. The molecule has 0 saturated heterocycles. The monoisotopic (exact) mass is 158 g/mol. The standard InChI is InChI=1S/C5H10N4O2/c1-2-5(9-6,7-3-10)8-4-11/h3-4,6H,2H2,1H3,(H,7,10)(H,8,11). The van der Waals surface area contributed by atoms with E-state index in [-0.39, 0.29) is 0 Å². The van der Waals surface area contributed by atoms with Crippen molar-refractivity contribution in [2.45, 2.75) is 19.1 Å². The summed E-state index contributed by atoms with van der Waals surface area (Å²) in [6.45, 7) is 1.69. The molecule has 0 fully saturated rings. The predicted octanol–water partition coefficient (Wildman–Crippen LogP) is -0.427. The third-order valence-corrected chi connectivity index (χ3v) is 1.30. The second-order valence-corrected chi connectivity index (χ2v) is 1.85. The lowest BCUT2D eigenvalue weighted by Gasteiger charge is -2.24. The molecule has 62 valence electrons. The summed E-state index contributed by atoms with van der Waals surface area (Å²) in [6, 6.07) is 0. The first-order valence-corrected chi connectivity index (χ1v) is 3.06. The molecule has 0 unspecified atom stereocenters. The summed E-state index contributed by atoms with van der Waals surface area (Å²) in [5.74, 6) is -1.26. The van der Waals surface area contributed by atoms with Crippen LogP contribution in [0.4, 0.5) is 0 Å². The number of nitrogens with one attached hydrogen (secondary N) is 3. The Hall–Kier alpha value is -1.46. The van der Waals surface area contributed by atoms with Gasteiger partial charge in [0.1, 0.15) is 0 Å². The van der Waals surface area contributed by atoms with Gasteiger partial charge in [-0.05, 0) is 0 Å². The summed E-state index contributed by atoms with van der Waals surface area (Å²) >= 11 is 0. The average Bonchev–Trinajstić information content (AvgIpc) is 2.04. The van der Waals surface area contributed by atoms with Crippen molar-refractivity contribution >= 4 is 12.8 Å². The lowest BCUT2D eigenvalue weighted by molar-refractivity contribution is -0.114. The van der Waals surface area contributed by atoms with Crippen LogP contribution in [-0.2, 0) is 9.59 Å². The lowest BCUT2D eigenvalue weighted by Crippen LogP contribution is -2.53. The Morgan fingerprint density at radius 2 is 1.91 bits per heavy atom. The number of hydrogen-bond acceptors (Lipinski definition) is 4. The van der Waals surface area contributed by atoms with Crippen molar-refractivity contribution in [3.63, 3.8) is 0 Å². The third kappa shape index (κ3) is 2.32. The lowest BCUT2D eigenvalue weighted by atomic mass is 10.3. The summed E-state index contributed by atoms with van der Waals surface area (Å²) in [5.41, 5.74) is 6.70. The fraction of sp³-hybridized carbons (Fsp3) is 0.600. The van der Waals surface area contributed by atoms with Crippen molar-refractivity contribution in [1.82, 2.24) is 10.6 Å². The first-order chi connectivity index (χ1) is 5.24. The summed E-state index contributed by atoms with van der Waals surface area (Å²) in [5, 5.41) is 7.52. The van der Waals surface area contributed by atoms with Gasteiger partial charge in [0.25, 0.3) is 0 Å². The number of rotatable bonds is 6. The van der Waals surface area contributed by atoms with Gasteiger partial charge in [0.15, 0.2) is 0 Å². The highest BCUT2D eigenvalue weighted by Gasteiger charge is 2.24. The quantitative estimate of drug-likeness (QED) is 0.278. The molecule has 3 N–H and O–H groups in total. The third-order valence-electron chi connectivity index (χ3n) is 1.30. The molecule has 0 aliphatic heterocycles. The van der Waals surface area contributed by atoms with Crippen LogP contribution in [0, 0.1) is 5.53 Å². The van der Waals surface area contributed by atoms with E-state index >= 15 is 0 Å². The smallest absolute Gasteiger partial charge is 0.227 e. The zero-order valence-electron chi connectivity index (χ0n) is 6.13. The largest absolute Gasteiger partial charge is 0.316 e. The van der Waals surface area contributed by atoms with E-state index in [1.165, 1.54) is 0 Å². The topological polar surface area (TPSA) is 94.4 Å². The van der Waals surface area contributed by atoms with Crippen molar-refractivity contribution in [3.05, 3.63) is 0 Å². The molecule has 0 aromatic rings. The van der Waals surface area contributed by atoms with Crippen LogP contribution in [0.15, 0.2) is 5.11 Å². The summed E-state index contributed by atoms with van der Waals surface area (Å²) in [4.78, 5) is 20.0. The molecular weight excluding hydrogens is 148 g/mol. The zero-order valence-corrected chi connectivity index (χ0v) is 6.13. The predicted molar refractivity (Wildman–Crippen MR) is 36.6 cm³/mol. The average molecular weight is 158 g/mol. The van der Waals surface area contributed by atoms with E-state index in [1.807, 2.05) is 0 Å². The van der Waals surface area contributed by atoms with Gasteiger partial charge in [-0.3, -0.25) is 9.59 Å². The summed E-state index contributed by atoms with van der Waals surface area (Å²) in [6.07, 6.45) is 1.10. The highest BCUT2D eigenvalue weighted by atomic mass is 16.1. The van der Waals surface area contributed by atoms with Gasteiger partial charge >= 0.3 is 0 Å². The van der Waals surface area contributed by atoms with Gasteiger partial charge in [-0.1, -0.05) is 6.92 Å². The molecule has 0 atom stereocenters. The van der Waals surface area contributed by atoms with Gasteiger partial charge in [-0.2, -0.15) is 0 Å². The van der Waals surface area contributed by atoms with Gasteiger partial charge in [0.05, 0.1) is 0 Å². The van der Waals surface area contributed by atoms with Crippen LogP contribution in [0.1, 0.15) is 13.3 Å². The van der Waals surface area contributed by atoms with Crippen molar-refractivity contribution in [2.75, 3.05) is 0 Å². The molecular formula is C5H10N4O2. The molecule has 2 amide bonds. The molecule has 0 rings (SSSR count). The van der Waals surface area contributed by atoms with Gasteiger partial charge in [0, 0.05) is 6.42 Å². The van der Waals surface area contributed by atoms with E-state index in [1.54, 1.807) is 6.92 Å². The molecule has 11 heavy (non-hydrogen) atoms. The first-order valence-electron chi connectivity index (χ1n) is 3.06. The van der Waals surface area contributed by atoms with E-state index in [0.29, 0.717) is 19.2 Å². The Kier molecular flexibility index (Phi) is 3.79. The maximum Gasteiger partial charge on any atom is 0.227 e. The van der Waals surface area contributed by atoms with E-state index in [9.17, 15) is 9.59 Å². The zero-order chi connectivity index (χ0) is 8.74. The number of carbonyl (C=O) groups excluding carboxylic acids is 2. The van der Waals surface area contributed by atoms with Crippen LogP contribution in [0.2, 0.25) is 0 Å². The Labute approximate surface area is 63.9 Å². The number of nitrogens with zero attached hydrogens (tertiary/aromatic N) is 1. The van der Waals surface area contributed by atoms with Gasteiger partial charge in [-0.25, -0.2) is 5.53 Å². The molecule has 0 saturated carbocycles. The molecule has 0 radical (unpaired) electrons. The number of hydrogen-bond donors (Lipinski definition) is 3. The van der Waals surface area contributed by atoms with Crippen LogP contribution < -0.4 is 10.6 Å². The maximum atomic E-state index is 10.0. The molecule has 0 bridgehead atoms. The normalized spacial score (nSPS) is 9.91. The van der Waals surface area contributed by atoms with E-state index in [4.69, 9.17) is 5.53 Å². The minimum absolute atomic E-state index is 0.327. The van der Waals surface area contributed by atoms with Gasteiger partial charge in [-0.15, -0.1) is 5.11 Å². The van der Waals surface area contributed by atoms with E-state index < -0.39 is 5.79 Å². The van der Waals surface area contributed by atoms with Crippen LogP contribution >= 0.6 is 0 Å². The van der Waals surface area contributed by atoms with Crippen LogP contribution in [0.25, 0.3) is 0 Å². The second-order valence-electron chi connectivity index (χ2n) is 1.85. The van der Waals surface area contributed by atoms with Crippen molar-refractivity contribution in [3.8, 4) is 0 Å². The van der Waals surface area contributed by atoms with Gasteiger partial charge < -0.3 is 10.6 Å². The van der Waals surface area contributed by atoms with Crippen LogP contribution in [0.3, 0.4) is 0 Å². The van der Waals surface area contributed by atoms with Gasteiger partial charge in [0.2, 0.25) is 18.6 Å². The van der Waals surface area contributed by atoms with Crippen LogP contribution in [0.5, 0.6) is 0 Å². The minimum atomic E-state index is -1.26. The molecule has 0 heterocycles. The molecule has 0 aromatic heterocycles. The van der Waals surface area contributed by atoms with E-state index in [2.05, 4.69) is 15.7 Å². The van der Waals surface area contributed by atoms with Crippen molar-refractivity contribution < 1.29 is 9.59 Å². The Morgan fingerprint density at radius 1 is 1.45 bits per heavy atom. The highest BCUT2D eigenvalue weighted by Crippen LogP contribution is 2.04. The van der Waals surface area contributed by atoms with Crippen molar-refractivity contribution in [1.29, 1.82) is 5.53 Å². The maximum absolute atomic E-state index is 10.0. The SMILES string of the molecule is CCC(N=N)(NC=O)NC=O.